The predicted molar refractivity (Wildman–Crippen MR) is 113 cm³/mol. The van der Waals surface area contributed by atoms with Gasteiger partial charge in [-0.3, -0.25) is 14.4 Å². The zero-order valence-electron chi connectivity index (χ0n) is 18.3. The first-order valence-corrected chi connectivity index (χ1v) is 12.4. The van der Waals surface area contributed by atoms with Crippen LogP contribution < -0.4 is 4.74 Å². The van der Waals surface area contributed by atoms with Gasteiger partial charge in [-0.05, 0) is 48.8 Å². The van der Waals surface area contributed by atoms with Crippen molar-refractivity contribution < 1.29 is 32.4 Å². The molecule has 0 spiro atoms. The van der Waals surface area contributed by atoms with Crippen molar-refractivity contribution >= 4 is 26.7 Å². The highest BCUT2D eigenvalue weighted by atomic mass is 28.4. The van der Waals surface area contributed by atoms with Crippen LogP contribution in [0.1, 0.15) is 71.3 Å². The number of rotatable bonds is 9. The lowest BCUT2D eigenvalue weighted by atomic mass is 9.79. The smallest absolute Gasteiger partial charge is 0.494 e. The molecule has 1 aromatic carbocycles. The van der Waals surface area contributed by atoms with Crippen LogP contribution in [0, 0.1) is 5.92 Å². The number of carbonyl (C=O) groups is 3. The summed E-state index contributed by atoms with van der Waals surface area (Å²) in [6.45, 7) is 6.16. The number of hydrogen-bond donors (Lipinski definition) is 0. The third kappa shape index (κ3) is 7.82. The van der Waals surface area contributed by atoms with Crippen LogP contribution in [0.2, 0.25) is 6.04 Å². The Morgan fingerprint density at radius 1 is 0.867 bits per heavy atom. The van der Waals surface area contributed by atoms with Gasteiger partial charge in [0.05, 0.1) is 12.7 Å². The van der Waals surface area contributed by atoms with Crippen LogP contribution in [0.15, 0.2) is 24.3 Å². The molecule has 0 atom stereocenters. The van der Waals surface area contributed by atoms with Gasteiger partial charge in [0.15, 0.2) is 0 Å². The van der Waals surface area contributed by atoms with Gasteiger partial charge in [-0.2, -0.15) is 0 Å². The second kappa shape index (κ2) is 11.2. The van der Waals surface area contributed by atoms with Crippen molar-refractivity contribution in [1.29, 1.82) is 0 Å². The van der Waals surface area contributed by atoms with Crippen molar-refractivity contribution in [3.63, 3.8) is 0 Å². The van der Waals surface area contributed by atoms with Crippen molar-refractivity contribution in [3.05, 3.63) is 29.8 Å². The van der Waals surface area contributed by atoms with Crippen LogP contribution in [0.25, 0.3) is 0 Å². The summed E-state index contributed by atoms with van der Waals surface area (Å²) < 4.78 is 21.3. The summed E-state index contributed by atoms with van der Waals surface area (Å²) >= 11 is 0. The summed E-state index contributed by atoms with van der Waals surface area (Å²) in [7, 11) is -3.79. The van der Waals surface area contributed by atoms with E-state index >= 15 is 0 Å². The van der Waals surface area contributed by atoms with E-state index in [0.717, 1.165) is 11.7 Å². The summed E-state index contributed by atoms with van der Waals surface area (Å²) in [5.41, 5.74) is 1.35. The molecule has 0 radical (unpaired) electrons. The molecule has 30 heavy (non-hydrogen) atoms. The van der Waals surface area contributed by atoms with Gasteiger partial charge in [0.25, 0.3) is 17.9 Å². The predicted octanol–water partition coefficient (Wildman–Crippen LogP) is 4.38. The highest BCUT2D eigenvalue weighted by Crippen LogP contribution is 2.36. The van der Waals surface area contributed by atoms with Crippen LogP contribution >= 0.6 is 0 Å². The van der Waals surface area contributed by atoms with Crippen LogP contribution in [0.3, 0.4) is 0 Å². The topological polar surface area (TPSA) is 88.1 Å². The van der Waals surface area contributed by atoms with Crippen molar-refractivity contribution in [2.24, 2.45) is 5.92 Å². The van der Waals surface area contributed by atoms with Gasteiger partial charge >= 0.3 is 8.80 Å². The fourth-order valence-corrected chi connectivity index (χ4v) is 6.10. The molecule has 0 heterocycles. The summed E-state index contributed by atoms with van der Waals surface area (Å²) in [4.78, 5) is 34.4. The second-order valence-electron chi connectivity index (χ2n) is 7.94. The standard InChI is InChI=1S/C22H32O7Si/c1-16-6-8-20(9-7-16)21-10-12-22(13-11-21)26-14-5-15-30(27-17(2)23,28-18(3)24)29-19(4)25/h10-13,16,20H,5-9,14-15H2,1-4H3. The second-order valence-corrected chi connectivity index (χ2v) is 10.4. The van der Waals surface area contributed by atoms with Gasteiger partial charge in [0.2, 0.25) is 0 Å². The number of benzene rings is 1. The van der Waals surface area contributed by atoms with E-state index in [0.29, 0.717) is 18.9 Å². The number of ether oxygens (including phenoxy) is 1. The van der Waals surface area contributed by atoms with E-state index in [-0.39, 0.29) is 6.04 Å². The molecule has 1 aliphatic rings. The first-order valence-electron chi connectivity index (χ1n) is 10.5. The lowest BCUT2D eigenvalue weighted by Gasteiger charge is -2.26. The van der Waals surface area contributed by atoms with E-state index in [4.69, 9.17) is 18.0 Å². The Bertz CT molecular complexity index is 683. The van der Waals surface area contributed by atoms with E-state index in [2.05, 4.69) is 19.1 Å². The summed E-state index contributed by atoms with van der Waals surface area (Å²) in [6.07, 6.45) is 5.42. The maximum absolute atomic E-state index is 11.5. The van der Waals surface area contributed by atoms with Crippen LogP contribution in [-0.4, -0.2) is 33.3 Å². The van der Waals surface area contributed by atoms with E-state index in [1.165, 1.54) is 52.0 Å². The molecule has 7 nitrogen and oxygen atoms in total. The van der Waals surface area contributed by atoms with Gasteiger partial charge in [0, 0.05) is 20.8 Å². The van der Waals surface area contributed by atoms with Gasteiger partial charge in [-0.15, -0.1) is 0 Å². The SMILES string of the molecule is CC(=O)O[Si](CCCOc1ccc(C2CCC(C)CC2)cc1)(OC(C)=O)OC(C)=O. The Morgan fingerprint density at radius 3 is 1.83 bits per heavy atom. The van der Waals surface area contributed by atoms with Crippen molar-refractivity contribution in [3.8, 4) is 5.75 Å². The van der Waals surface area contributed by atoms with Gasteiger partial charge in [-0.25, -0.2) is 0 Å². The molecule has 0 amide bonds. The molecule has 0 N–H and O–H groups in total. The maximum atomic E-state index is 11.5. The summed E-state index contributed by atoms with van der Waals surface area (Å²) in [5, 5.41) is 0. The average molecular weight is 437 g/mol. The Balaban J connectivity index is 1.89. The summed E-state index contributed by atoms with van der Waals surface area (Å²) in [6, 6.07) is 8.26. The van der Waals surface area contributed by atoms with Gasteiger partial charge in [0.1, 0.15) is 5.75 Å². The Hall–Kier alpha value is -2.35. The third-order valence-corrected chi connectivity index (χ3v) is 7.92. The van der Waals surface area contributed by atoms with Gasteiger partial charge < -0.3 is 18.0 Å². The molecule has 8 heteroatoms. The number of carbonyl (C=O) groups excluding carboxylic acids is 3. The molecule has 0 saturated heterocycles. The highest BCUT2D eigenvalue weighted by Gasteiger charge is 2.51. The zero-order chi connectivity index (χ0) is 22.1. The normalized spacial score (nSPS) is 18.9. The van der Waals surface area contributed by atoms with E-state index in [1.807, 2.05) is 12.1 Å². The Kier molecular flexibility index (Phi) is 8.89. The quantitative estimate of drug-likeness (QED) is 0.419. The molecule has 0 unspecified atom stereocenters. The first-order chi connectivity index (χ1) is 14.2. The molecule has 2 rings (SSSR count). The summed E-state index contributed by atoms with van der Waals surface area (Å²) in [5.74, 6) is 0.180. The van der Waals surface area contributed by atoms with E-state index in [9.17, 15) is 14.4 Å². The molecule has 1 saturated carbocycles. The van der Waals surface area contributed by atoms with E-state index in [1.54, 1.807) is 0 Å². The maximum Gasteiger partial charge on any atom is 0.705 e. The largest absolute Gasteiger partial charge is 0.705 e. The average Bonchev–Trinajstić information content (AvgIpc) is 2.65. The molecule has 1 aliphatic carbocycles. The molecular formula is C22H32O7Si. The Morgan fingerprint density at radius 2 is 1.37 bits per heavy atom. The van der Waals surface area contributed by atoms with Crippen molar-refractivity contribution in [2.45, 2.75) is 71.8 Å². The molecule has 0 bridgehead atoms. The fourth-order valence-electron chi connectivity index (χ4n) is 3.78. The van der Waals surface area contributed by atoms with Crippen LogP contribution in [0.4, 0.5) is 0 Å². The zero-order valence-corrected chi connectivity index (χ0v) is 19.3. The van der Waals surface area contributed by atoms with Crippen molar-refractivity contribution in [2.75, 3.05) is 6.61 Å². The Labute approximate surface area is 179 Å². The third-order valence-electron chi connectivity index (χ3n) is 5.16. The molecule has 1 fully saturated rings. The molecule has 1 aromatic rings. The molecule has 0 aliphatic heterocycles. The minimum atomic E-state index is -3.79. The molecular weight excluding hydrogens is 404 g/mol. The number of hydrogen-bond acceptors (Lipinski definition) is 7. The monoisotopic (exact) mass is 436 g/mol. The minimum absolute atomic E-state index is 0.101. The molecule has 0 aromatic heterocycles. The van der Waals surface area contributed by atoms with Crippen LogP contribution in [0.5, 0.6) is 5.75 Å². The highest BCUT2D eigenvalue weighted by molar-refractivity contribution is 6.65. The first kappa shape index (κ1) is 23.9. The minimum Gasteiger partial charge on any atom is -0.494 e. The van der Waals surface area contributed by atoms with E-state index < -0.39 is 26.7 Å². The lowest BCUT2D eigenvalue weighted by molar-refractivity contribution is -0.147. The van der Waals surface area contributed by atoms with Crippen molar-refractivity contribution in [1.82, 2.24) is 0 Å². The van der Waals surface area contributed by atoms with Gasteiger partial charge in [-0.1, -0.05) is 31.9 Å². The fraction of sp³-hybridized carbons (Fsp3) is 0.591. The van der Waals surface area contributed by atoms with Crippen LogP contribution in [-0.2, 0) is 27.7 Å². The molecule has 166 valence electrons. The lowest BCUT2D eigenvalue weighted by Crippen LogP contribution is -2.49.